The van der Waals surface area contributed by atoms with Crippen LogP contribution >= 0.6 is 0 Å². The maximum Gasteiger partial charge on any atom is 0.317 e. The molecule has 0 bridgehead atoms. The van der Waals surface area contributed by atoms with Crippen molar-refractivity contribution in [2.75, 3.05) is 19.6 Å². The van der Waals surface area contributed by atoms with Gasteiger partial charge in [-0.2, -0.15) is 8.78 Å². The van der Waals surface area contributed by atoms with Gasteiger partial charge < -0.3 is 20.1 Å². The maximum absolute atomic E-state index is 13.8. The first-order chi connectivity index (χ1) is 19.3. The van der Waals surface area contributed by atoms with Crippen molar-refractivity contribution in [2.45, 2.75) is 50.7 Å². The van der Waals surface area contributed by atoms with Gasteiger partial charge in [0.25, 0.3) is 0 Å². The fraction of sp³-hybridized carbons (Fsp3) is 0.407. The lowest BCUT2D eigenvalue weighted by Crippen LogP contribution is -2.56. The van der Waals surface area contributed by atoms with Crippen molar-refractivity contribution in [1.82, 2.24) is 9.80 Å². The molecule has 2 atom stereocenters. The van der Waals surface area contributed by atoms with Crippen LogP contribution in [0.25, 0.3) is 0 Å². The summed E-state index contributed by atoms with van der Waals surface area (Å²) in [6, 6.07) is 5.12. The van der Waals surface area contributed by atoms with Gasteiger partial charge in [-0.3, -0.25) is 29.0 Å². The van der Waals surface area contributed by atoms with E-state index < -0.39 is 91.0 Å². The molecule has 1 saturated carbocycles. The Kier molecular flexibility index (Phi) is 10.8. The van der Waals surface area contributed by atoms with Crippen molar-refractivity contribution in [1.29, 1.82) is 0 Å². The molecule has 1 aliphatic rings. The zero-order valence-corrected chi connectivity index (χ0v) is 21.7. The van der Waals surface area contributed by atoms with E-state index >= 15 is 0 Å². The number of rotatable bonds is 13. The highest BCUT2D eigenvalue weighted by atomic mass is 19.2. The van der Waals surface area contributed by atoms with E-state index in [0.29, 0.717) is 24.0 Å². The smallest absolute Gasteiger partial charge is 0.317 e. The molecule has 0 heterocycles. The van der Waals surface area contributed by atoms with Crippen LogP contribution in [-0.2, 0) is 32.1 Å². The molecule has 41 heavy (non-hydrogen) atoms. The molecule has 14 heteroatoms. The van der Waals surface area contributed by atoms with E-state index in [0.717, 1.165) is 12.8 Å². The average molecular weight is 585 g/mol. The van der Waals surface area contributed by atoms with Crippen LogP contribution in [-0.4, -0.2) is 80.7 Å². The summed E-state index contributed by atoms with van der Waals surface area (Å²) in [5, 5.41) is 28.2. The molecule has 2 aromatic rings. The van der Waals surface area contributed by atoms with Crippen LogP contribution in [0.5, 0.6) is 5.75 Å². The second kappa shape index (κ2) is 14.0. The van der Waals surface area contributed by atoms with E-state index in [9.17, 15) is 52.1 Å². The lowest BCUT2D eigenvalue weighted by molar-refractivity contribution is -0.146. The summed E-state index contributed by atoms with van der Waals surface area (Å²) in [5.41, 5.74) is 0.936. The number of benzene rings is 2. The van der Waals surface area contributed by atoms with Crippen LogP contribution in [0.2, 0.25) is 0 Å². The number of esters is 1. The number of aliphatic carboxylic acids is 3. The molecule has 1 fully saturated rings. The van der Waals surface area contributed by atoms with Crippen molar-refractivity contribution >= 4 is 23.9 Å². The first kappa shape index (κ1) is 31.5. The molecule has 0 aromatic heterocycles. The Morgan fingerprint density at radius 1 is 0.732 bits per heavy atom. The van der Waals surface area contributed by atoms with E-state index in [-0.39, 0.29) is 12.6 Å². The summed E-state index contributed by atoms with van der Waals surface area (Å²) in [6.45, 7) is -1.33. The van der Waals surface area contributed by atoms with Gasteiger partial charge in [0.15, 0.2) is 11.6 Å². The first-order valence-corrected chi connectivity index (χ1v) is 12.6. The lowest BCUT2D eigenvalue weighted by atomic mass is 9.87. The highest BCUT2D eigenvalue weighted by molar-refractivity contribution is 5.75. The second-order valence-corrected chi connectivity index (χ2v) is 9.67. The molecule has 1 aliphatic carbocycles. The standard InChI is InChI=1S/C27H28F4N2O8/c28-17-10-18(29)26(31)27(25(17)30)41-24(40)9-15-5-7-16(8-6-15)11-32(12-21(34)35)19-3-1-2-4-20(19)33(13-22(36)37)14-23(38)39/h5-8,10,19-20H,1-4,9,11-14H2,(H,34,35)(H,36,37)(H,38,39)/t19-,20-/m1/s1. The zero-order valence-electron chi connectivity index (χ0n) is 21.7. The number of carboxylic acid groups (broad SMARTS) is 3. The molecule has 0 spiro atoms. The lowest BCUT2D eigenvalue weighted by Gasteiger charge is -2.44. The Morgan fingerprint density at radius 3 is 1.66 bits per heavy atom. The Balaban J connectivity index is 1.74. The molecule has 3 rings (SSSR count). The van der Waals surface area contributed by atoms with E-state index in [1.165, 1.54) is 17.0 Å². The first-order valence-electron chi connectivity index (χ1n) is 12.6. The maximum atomic E-state index is 13.8. The molecule has 2 aromatic carbocycles. The second-order valence-electron chi connectivity index (χ2n) is 9.67. The SMILES string of the molecule is O=C(O)CN(CC(=O)O)[C@@H]1CCCC[C@H]1N(CC(=O)O)Cc1ccc(CC(=O)Oc2c(F)c(F)cc(F)c2F)cc1. The number of hydrogen-bond acceptors (Lipinski definition) is 7. The topological polar surface area (TPSA) is 145 Å². The number of halogens is 4. The fourth-order valence-corrected chi connectivity index (χ4v) is 5.00. The summed E-state index contributed by atoms with van der Waals surface area (Å²) < 4.78 is 58.8. The number of carboxylic acids is 3. The van der Waals surface area contributed by atoms with Crippen molar-refractivity contribution < 1.29 is 56.8 Å². The van der Waals surface area contributed by atoms with Gasteiger partial charge in [0.1, 0.15) is 0 Å². The predicted molar refractivity (Wildman–Crippen MR) is 133 cm³/mol. The number of carbonyl (C=O) groups is 4. The molecule has 0 amide bonds. The fourth-order valence-electron chi connectivity index (χ4n) is 5.00. The van der Waals surface area contributed by atoms with Gasteiger partial charge in [-0.05, 0) is 24.0 Å². The van der Waals surface area contributed by atoms with Crippen molar-refractivity contribution in [3.05, 3.63) is 64.7 Å². The Morgan fingerprint density at radius 2 is 1.17 bits per heavy atom. The summed E-state index contributed by atoms with van der Waals surface area (Å²) >= 11 is 0. The van der Waals surface area contributed by atoms with Crippen molar-refractivity contribution in [3.8, 4) is 5.75 Å². The highest BCUT2D eigenvalue weighted by Crippen LogP contribution is 2.29. The van der Waals surface area contributed by atoms with E-state index in [1.807, 2.05) is 0 Å². The Labute approximate surface area is 231 Å². The quantitative estimate of drug-likeness (QED) is 0.139. The van der Waals surface area contributed by atoms with Crippen LogP contribution < -0.4 is 4.74 Å². The normalized spacial score (nSPS) is 17.0. The van der Waals surface area contributed by atoms with Crippen LogP contribution in [0, 0.1) is 23.3 Å². The predicted octanol–water partition coefficient (Wildman–Crippen LogP) is 3.06. The molecule has 222 valence electrons. The Bertz CT molecular complexity index is 1250. The third-order valence-corrected chi connectivity index (χ3v) is 6.69. The van der Waals surface area contributed by atoms with Gasteiger partial charge in [0.2, 0.25) is 17.4 Å². The number of carbonyl (C=O) groups excluding carboxylic acids is 1. The van der Waals surface area contributed by atoms with Gasteiger partial charge in [0, 0.05) is 24.7 Å². The molecular formula is C27H28F4N2O8. The van der Waals surface area contributed by atoms with Crippen LogP contribution in [0.3, 0.4) is 0 Å². The van der Waals surface area contributed by atoms with Crippen LogP contribution in [0.15, 0.2) is 30.3 Å². The molecule has 10 nitrogen and oxygen atoms in total. The third-order valence-electron chi connectivity index (χ3n) is 6.69. The minimum absolute atomic E-state index is 0.0141. The molecular weight excluding hydrogens is 556 g/mol. The summed E-state index contributed by atoms with van der Waals surface area (Å²) in [7, 11) is 0. The average Bonchev–Trinajstić information content (AvgIpc) is 2.89. The van der Waals surface area contributed by atoms with Gasteiger partial charge >= 0.3 is 23.9 Å². The molecule has 0 saturated heterocycles. The van der Waals surface area contributed by atoms with Gasteiger partial charge in [-0.15, -0.1) is 0 Å². The van der Waals surface area contributed by atoms with Crippen LogP contribution in [0.1, 0.15) is 36.8 Å². The Hall–Kier alpha value is -4.04. The van der Waals surface area contributed by atoms with Gasteiger partial charge in [-0.25, -0.2) is 8.78 Å². The minimum atomic E-state index is -1.85. The van der Waals surface area contributed by atoms with Gasteiger partial charge in [0.05, 0.1) is 26.1 Å². The van der Waals surface area contributed by atoms with Crippen molar-refractivity contribution in [2.24, 2.45) is 0 Å². The van der Waals surface area contributed by atoms with E-state index in [4.69, 9.17) is 0 Å². The largest absolute Gasteiger partial charge is 0.480 e. The zero-order chi connectivity index (χ0) is 30.3. The molecule has 0 radical (unpaired) electrons. The van der Waals surface area contributed by atoms with E-state index in [2.05, 4.69) is 4.74 Å². The van der Waals surface area contributed by atoms with Crippen molar-refractivity contribution in [3.63, 3.8) is 0 Å². The third kappa shape index (κ3) is 8.72. The number of ether oxygens (including phenoxy) is 1. The monoisotopic (exact) mass is 584 g/mol. The minimum Gasteiger partial charge on any atom is -0.480 e. The summed E-state index contributed by atoms with van der Waals surface area (Å²) in [6.07, 6.45) is 1.96. The molecule has 0 unspecified atom stereocenters. The number of hydrogen-bond donors (Lipinski definition) is 3. The molecule has 3 N–H and O–H groups in total. The summed E-state index contributed by atoms with van der Waals surface area (Å²) in [5.74, 6) is -13.4. The van der Waals surface area contributed by atoms with E-state index in [1.54, 1.807) is 17.0 Å². The number of nitrogens with zero attached hydrogens (tertiary/aromatic N) is 2. The van der Waals surface area contributed by atoms with Crippen LogP contribution in [0.4, 0.5) is 17.6 Å². The summed E-state index contributed by atoms with van der Waals surface area (Å²) in [4.78, 5) is 49.7. The molecule has 0 aliphatic heterocycles. The highest BCUT2D eigenvalue weighted by Gasteiger charge is 2.36. The van der Waals surface area contributed by atoms with Gasteiger partial charge in [-0.1, -0.05) is 37.1 Å².